The van der Waals surface area contributed by atoms with Crippen LogP contribution in [0.3, 0.4) is 0 Å². The Morgan fingerprint density at radius 3 is 2.85 bits per heavy atom. The molecule has 0 fully saturated rings. The highest BCUT2D eigenvalue weighted by Gasteiger charge is 2.07. The first kappa shape index (κ1) is 12.6. The third-order valence-electron chi connectivity index (χ3n) is 2.55. The minimum atomic E-state index is 0.193. The van der Waals surface area contributed by atoms with Crippen molar-refractivity contribution in [3.8, 4) is 5.95 Å². The highest BCUT2D eigenvalue weighted by atomic mass is 32.2. The molecule has 2 heterocycles. The minimum Gasteiger partial charge on any atom is -0.368 e. The normalized spacial score (nSPS) is 10.7. The van der Waals surface area contributed by atoms with Gasteiger partial charge < -0.3 is 5.73 Å². The lowest BCUT2D eigenvalue weighted by atomic mass is 10.2. The average Bonchev–Trinajstić information content (AvgIpc) is 2.91. The van der Waals surface area contributed by atoms with Gasteiger partial charge in [0.25, 0.3) is 0 Å². The van der Waals surface area contributed by atoms with Crippen LogP contribution in [0.4, 0.5) is 5.95 Å². The van der Waals surface area contributed by atoms with E-state index in [1.807, 2.05) is 25.1 Å². The van der Waals surface area contributed by atoms with Crippen molar-refractivity contribution in [3.05, 3.63) is 48.5 Å². The molecule has 7 heteroatoms. The standard InChI is InChI=1S/C13H12N6S/c1-9-3-2-4-10(7-9)20-13-17-11(14)16-12(18-13)19-6-5-15-8-19/h2-8H,1H3,(H2,14,16,17,18). The summed E-state index contributed by atoms with van der Waals surface area (Å²) in [5, 5.41) is 0.562. The van der Waals surface area contributed by atoms with Crippen LogP contribution >= 0.6 is 11.8 Å². The monoisotopic (exact) mass is 284 g/mol. The van der Waals surface area contributed by atoms with Crippen LogP contribution in [-0.4, -0.2) is 24.5 Å². The topological polar surface area (TPSA) is 82.5 Å². The van der Waals surface area contributed by atoms with Crippen LogP contribution in [0.15, 0.2) is 53.0 Å². The zero-order chi connectivity index (χ0) is 13.9. The lowest BCUT2D eigenvalue weighted by Crippen LogP contribution is -2.05. The molecular formula is C13H12N6S. The van der Waals surface area contributed by atoms with Gasteiger partial charge in [-0.3, -0.25) is 4.57 Å². The van der Waals surface area contributed by atoms with Crippen LogP contribution in [0, 0.1) is 6.92 Å². The summed E-state index contributed by atoms with van der Waals surface area (Å²) < 4.78 is 1.69. The van der Waals surface area contributed by atoms with Crippen molar-refractivity contribution in [2.75, 3.05) is 5.73 Å². The van der Waals surface area contributed by atoms with Crippen LogP contribution < -0.4 is 5.73 Å². The number of hydrogen-bond donors (Lipinski definition) is 1. The van der Waals surface area contributed by atoms with Gasteiger partial charge in [0.15, 0.2) is 5.16 Å². The number of aromatic nitrogens is 5. The van der Waals surface area contributed by atoms with Gasteiger partial charge in [0.05, 0.1) is 0 Å². The van der Waals surface area contributed by atoms with Gasteiger partial charge in [-0.15, -0.1) is 0 Å². The highest BCUT2D eigenvalue weighted by molar-refractivity contribution is 7.99. The average molecular weight is 284 g/mol. The summed E-state index contributed by atoms with van der Waals surface area (Å²) in [7, 11) is 0. The van der Waals surface area contributed by atoms with Gasteiger partial charge in [0.1, 0.15) is 6.33 Å². The molecule has 0 unspecified atom stereocenters. The third-order valence-corrected chi connectivity index (χ3v) is 3.41. The number of benzene rings is 1. The summed E-state index contributed by atoms with van der Waals surface area (Å²) in [5.41, 5.74) is 6.93. The SMILES string of the molecule is Cc1cccc(Sc2nc(N)nc(-n3ccnc3)n2)c1. The van der Waals surface area contributed by atoms with Gasteiger partial charge in [-0.25, -0.2) is 4.98 Å². The summed E-state index contributed by atoms with van der Waals surface area (Å²) in [6.07, 6.45) is 5.04. The first-order valence-electron chi connectivity index (χ1n) is 5.95. The van der Waals surface area contributed by atoms with E-state index in [2.05, 4.69) is 26.0 Å². The van der Waals surface area contributed by atoms with Crippen molar-refractivity contribution >= 4 is 17.7 Å². The summed E-state index contributed by atoms with van der Waals surface area (Å²) in [6.45, 7) is 2.04. The molecule has 20 heavy (non-hydrogen) atoms. The Kier molecular flexibility index (Phi) is 3.34. The molecule has 1 aromatic carbocycles. The molecule has 6 nitrogen and oxygen atoms in total. The number of hydrogen-bond acceptors (Lipinski definition) is 6. The van der Waals surface area contributed by atoms with Crippen molar-refractivity contribution in [2.24, 2.45) is 0 Å². The van der Waals surface area contributed by atoms with Crippen molar-refractivity contribution in [3.63, 3.8) is 0 Å². The van der Waals surface area contributed by atoms with Crippen LogP contribution in [0.5, 0.6) is 0 Å². The second kappa shape index (κ2) is 5.30. The largest absolute Gasteiger partial charge is 0.368 e. The van der Waals surface area contributed by atoms with E-state index in [9.17, 15) is 0 Å². The lowest BCUT2D eigenvalue weighted by Gasteiger charge is -2.05. The van der Waals surface area contributed by atoms with E-state index in [0.29, 0.717) is 11.1 Å². The predicted octanol–water partition coefficient (Wildman–Crippen LogP) is 2.10. The predicted molar refractivity (Wildman–Crippen MR) is 76.7 cm³/mol. The number of rotatable bonds is 3. The number of nitrogens with two attached hydrogens (primary N) is 1. The second-order valence-corrected chi connectivity index (χ2v) is 5.21. The van der Waals surface area contributed by atoms with E-state index in [4.69, 9.17) is 5.73 Å². The van der Waals surface area contributed by atoms with E-state index in [1.165, 1.54) is 17.3 Å². The van der Waals surface area contributed by atoms with Crippen molar-refractivity contribution in [1.29, 1.82) is 0 Å². The van der Waals surface area contributed by atoms with Crippen molar-refractivity contribution in [1.82, 2.24) is 24.5 Å². The zero-order valence-corrected chi connectivity index (χ0v) is 11.6. The molecule has 100 valence electrons. The molecule has 0 saturated carbocycles. The summed E-state index contributed by atoms with van der Waals surface area (Å²) in [4.78, 5) is 17.7. The van der Waals surface area contributed by atoms with E-state index < -0.39 is 0 Å². The number of anilines is 1. The second-order valence-electron chi connectivity index (χ2n) is 4.16. The summed E-state index contributed by atoms with van der Waals surface area (Å²) in [6, 6.07) is 8.12. The number of nitrogen functional groups attached to an aromatic ring is 1. The van der Waals surface area contributed by atoms with E-state index in [1.54, 1.807) is 23.3 Å². The van der Waals surface area contributed by atoms with Crippen LogP contribution in [0.25, 0.3) is 5.95 Å². The van der Waals surface area contributed by atoms with Crippen LogP contribution in [0.1, 0.15) is 5.56 Å². The third kappa shape index (κ3) is 2.77. The molecule has 0 bridgehead atoms. The van der Waals surface area contributed by atoms with Crippen LogP contribution in [0.2, 0.25) is 0 Å². The van der Waals surface area contributed by atoms with Crippen molar-refractivity contribution in [2.45, 2.75) is 17.0 Å². The number of imidazole rings is 1. The Labute approximate surface area is 120 Å². The zero-order valence-electron chi connectivity index (χ0n) is 10.8. The van der Waals surface area contributed by atoms with E-state index in [-0.39, 0.29) is 5.95 Å². The molecule has 2 aromatic heterocycles. The Balaban J connectivity index is 1.94. The molecule has 0 aliphatic heterocycles. The molecular weight excluding hydrogens is 272 g/mol. The first-order valence-corrected chi connectivity index (χ1v) is 6.77. The Morgan fingerprint density at radius 1 is 1.20 bits per heavy atom. The maximum absolute atomic E-state index is 5.74. The number of aryl methyl sites for hydroxylation is 1. The Morgan fingerprint density at radius 2 is 2.10 bits per heavy atom. The molecule has 3 aromatic rings. The molecule has 0 radical (unpaired) electrons. The van der Waals surface area contributed by atoms with E-state index in [0.717, 1.165) is 4.90 Å². The molecule has 0 amide bonds. The maximum Gasteiger partial charge on any atom is 0.240 e. The maximum atomic E-state index is 5.74. The van der Waals surface area contributed by atoms with Gasteiger partial charge in [-0.05, 0) is 30.8 Å². The van der Waals surface area contributed by atoms with Gasteiger partial charge in [-0.2, -0.15) is 15.0 Å². The first-order chi connectivity index (χ1) is 9.70. The lowest BCUT2D eigenvalue weighted by molar-refractivity contribution is 0.832. The minimum absolute atomic E-state index is 0.193. The Bertz CT molecular complexity index is 725. The summed E-state index contributed by atoms with van der Waals surface area (Å²) in [5.74, 6) is 0.656. The fraction of sp³-hybridized carbons (Fsp3) is 0.0769. The fourth-order valence-corrected chi connectivity index (χ4v) is 2.55. The molecule has 0 spiro atoms. The van der Waals surface area contributed by atoms with Gasteiger partial charge in [0, 0.05) is 17.3 Å². The van der Waals surface area contributed by atoms with Gasteiger partial charge >= 0.3 is 0 Å². The quantitative estimate of drug-likeness (QED) is 0.793. The Hall–Kier alpha value is -2.41. The summed E-state index contributed by atoms with van der Waals surface area (Å²) >= 11 is 1.45. The molecule has 2 N–H and O–H groups in total. The van der Waals surface area contributed by atoms with Gasteiger partial charge in [-0.1, -0.05) is 17.7 Å². The van der Waals surface area contributed by atoms with Crippen LogP contribution in [-0.2, 0) is 0 Å². The smallest absolute Gasteiger partial charge is 0.240 e. The molecule has 0 aliphatic carbocycles. The molecule has 0 saturated heterocycles. The fourth-order valence-electron chi connectivity index (χ4n) is 1.68. The van der Waals surface area contributed by atoms with Crippen molar-refractivity contribution < 1.29 is 0 Å². The number of nitrogens with zero attached hydrogens (tertiary/aromatic N) is 5. The molecule has 0 atom stereocenters. The molecule has 0 aliphatic rings. The van der Waals surface area contributed by atoms with Gasteiger partial charge in [0.2, 0.25) is 11.9 Å². The molecule has 3 rings (SSSR count). The highest BCUT2D eigenvalue weighted by Crippen LogP contribution is 2.25. The van der Waals surface area contributed by atoms with E-state index >= 15 is 0 Å².